The van der Waals surface area contributed by atoms with Crippen LogP contribution in [0.25, 0.3) is 0 Å². The van der Waals surface area contributed by atoms with E-state index in [0.717, 1.165) is 0 Å². The zero-order chi connectivity index (χ0) is 14.9. The predicted molar refractivity (Wildman–Crippen MR) is 81.1 cm³/mol. The van der Waals surface area contributed by atoms with Crippen molar-refractivity contribution in [3.8, 4) is 0 Å². The highest BCUT2D eigenvalue weighted by Crippen LogP contribution is 2.39. The van der Waals surface area contributed by atoms with E-state index in [1.165, 1.54) is 24.2 Å². The minimum absolute atomic E-state index is 0.166. The fraction of sp³-hybridized carbons (Fsp3) is 0.538. The molecule has 1 heterocycles. The summed E-state index contributed by atoms with van der Waals surface area (Å²) in [6.07, 6.45) is 2.37. The summed E-state index contributed by atoms with van der Waals surface area (Å²) in [6, 6.07) is 0.244. The first-order valence-corrected chi connectivity index (χ1v) is 7.54. The van der Waals surface area contributed by atoms with E-state index in [-0.39, 0.29) is 23.2 Å². The van der Waals surface area contributed by atoms with Crippen molar-refractivity contribution >= 4 is 33.8 Å². The van der Waals surface area contributed by atoms with Crippen LogP contribution < -0.4 is 22.1 Å². The second-order valence-corrected chi connectivity index (χ2v) is 6.06. The highest BCUT2D eigenvalue weighted by molar-refractivity contribution is 7.19. The van der Waals surface area contributed by atoms with Crippen LogP contribution in [0.4, 0.5) is 10.7 Å². The molecule has 0 radical (unpaired) electrons. The molecule has 1 aliphatic carbocycles. The van der Waals surface area contributed by atoms with Crippen molar-refractivity contribution < 1.29 is 9.59 Å². The molecule has 0 bridgehead atoms. The lowest BCUT2D eigenvalue weighted by molar-refractivity contribution is 0.0960. The van der Waals surface area contributed by atoms with Crippen LogP contribution in [-0.4, -0.2) is 24.4 Å². The number of nitrogens with one attached hydrogen (secondary N) is 2. The van der Waals surface area contributed by atoms with Crippen molar-refractivity contribution in [1.29, 1.82) is 0 Å². The van der Waals surface area contributed by atoms with Gasteiger partial charge in [0.2, 0.25) is 0 Å². The molecule has 0 aromatic carbocycles. The lowest BCUT2D eigenvalue weighted by Gasteiger charge is -2.13. The van der Waals surface area contributed by atoms with Crippen LogP contribution in [0.2, 0.25) is 0 Å². The number of thiophene rings is 1. The molecule has 2 amide bonds. The molecule has 6 N–H and O–H groups in total. The Kier molecular flexibility index (Phi) is 4.17. The molecule has 1 aromatic heterocycles. The molecular weight excluding hydrogens is 276 g/mol. The Morgan fingerprint density at radius 2 is 2.10 bits per heavy atom. The Bertz CT molecular complexity index is 537. The quantitative estimate of drug-likeness (QED) is 0.635. The van der Waals surface area contributed by atoms with Crippen LogP contribution in [0.3, 0.4) is 0 Å². The van der Waals surface area contributed by atoms with Crippen LogP contribution in [0.5, 0.6) is 0 Å². The SMILES string of the molecule is CCNC(=O)c1sc(NC(C)C2CC2)c(C(N)=O)c1N. The van der Waals surface area contributed by atoms with Gasteiger partial charge < -0.3 is 22.1 Å². The molecule has 0 aliphatic heterocycles. The number of rotatable bonds is 6. The highest BCUT2D eigenvalue weighted by Gasteiger charge is 2.30. The molecule has 1 saturated carbocycles. The molecule has 7 heteroatoms. The summed E-state index contributed by atoms with van der Waals surface area (Å²) in [5.74, 6) is -0.267. The molecular formula is C13H20N4O2S. The third-order valence-corrected chi connectivity index (χ3v) is 4.56. The lowest BCUT2D eigenvalue weighted by Crippen LogP contribution is -2.23. The maximum Gasteiger partial charge on any atom is 0.263 e. The maximum absolute atomic E-state index is 11.9. The van der Waals surface area contributed by atoms with Gasteiger partial charge in [0.15, 0.2) is 0 Å². The van der Waals surface area contributed by atoms with E-state index in [9.17, 15) is 9.59 Å². The van der Waals surface area contributed by atoms with Crippen LogP contribution in [0.1, 0.15) is 46.7 Å². The zero-order valence-corrected chi connectivity index (χ0v) is 12.5. The van der Waals surface area contributed by atoms with Crippen LogP contribution in [-0.2, 0) is 0 Å². The largest absolute Gasteiger partial charge is 0.397 e. The molecule has 6 nitrogen and oxygen atoms in total. The maximum atomic E-state index is 11.9. The van der Waals surface area contributed by atoms with Gasteiger partial charge >= 0.3 is 0 Å². The van der Waals surface area contributed by atoms with Crippen molar-refractivity contribution in [2.45, 2.75) is 32.7 Å². The summed E-state index contributed by atoms with van der Waals surface area (Å²) < 4.78 is 0. The summed E-state index contributed by atoms with van der Waals surface area (Å²) in [6.45, 7) is 4.39. The average Bonchev–Trinajstić information content (AvgIpc) is 3.15. The molecule has 2 rings (SSSR count). The Balaban J connectivity index is 2.31. The summed E-state index contributed by atoms with van der Waals surface area (Å²) >= 11 is 1.19. The second-order valence-electron chi connectivity index (χ2n) is 5.04. The van der Waals surface area contributed by atoms with Crippen LogP contribution in [0, 0.1) is 5.92 Å². The van der Waals surface area contributed by atoms with Crippen molar-refractivity contribution in [2.24, 2.45) is 11.7 Å². The van der Waals surface area contributed by atoms with Crippen LogP contribution in [0.15, 0.2) is 0 Å². The second kappa shape index (κ2) is 5.70. The number of anilines is 2. The van der Waals surface area contributed by atoms with E-state index < -0.39 is 5.91 Å². The molecule has 1 fully saturated rings. The van der Waals surface area contributed by atoms with Crippen molar-refractivity contribution in [2.75, 3.05) is 17.6 Å². The van der Waals surface area contributed by atoms with E-state index >= 15 is 0 Å². The van der Waals surface area contributed by atoms with Crippen molar-refractivity contribution in [3.63, 3.8) is 0 Å². The van der Waals surface area contributed by atoms with Crippen molar-refractivity contribution in [3.05, 3.63) is 10.4 Å². The number of amides is 2. The van der Waals surface area contributed by atoms with Gasteiger partial charge in [-0.15, -0.1) is 11.3 Å². The third kappa shape index (κ3) is 2.87. The highest BCUT2D eigenvalue weighted by atomic mass is 32.1. The Hall–Kier alpha value is -1.76. The molecule has 20 heavy (non-hydrogen) atoms. The molecule has 1 aromatic rings. The summed E-state index contributed by atoms with van der Waals surface area (Å²) in [4.78, 5) is 23.8. The summed E-state index contributed by atoms with van der Waals surface area (Å²) in [5.41, 5.74) is 11.7. The zero-order valence-electron chi connectivity index (χ0n) is 11.7. The minimum Gasteiger partial charge on any atom is -0.397 e. The first-order chi connectivity index (χ1) is 9.45. The van der Waals surface area contributed by atoms with Gasteiger partial charge in [0.25, 0.3) is 11.8 Å². The van der Waals surface area contributed by atoms with Crippen molar-refractivity contribution in [1.82, 2.24) is 5.32 Å². The first-order valence-electron chi connectivity index (χ1n) is 6.72. The number of carbonyl (C=O) groups excluding carboxylic acids is 2. The number of nitrogen functional groups attached to an aromatic ring is 1. The van der Waals surface area contributed by atoms with Gasteiger partial charge in [0, 0.05) is 12.6 Å². The smallest absolute Gasteiger partial charge is 0.263 e. The Morgan fingerprint density at radius 1 is 1.45 bits per heavy atom. The van der Waals surface area contributed by atoms with Gasteiger partial charge in [-0.2, -0.15) is 0 Å². The van der Waals surface area contributed by atoms with E-state index in [0.29, 0.717) is 22.3 Å². The monoisotopic (exact) mass is 296 g/mol. The number of hydrogen-bond donors (Lipinski definition) is 4. The molecule has 1 aliphatic rings. The van der Waals surface area contributed by atoms with Gasteiger partial charge in [-0.3, -0.25) is 9.59 Å². The van der Waals surface area contributed by atoms with E-state index in [1.54, 1.807) is 0 Å². The Morgan fingerprint density at radius 3 is 2.60 bits per heavy atom. The topological polar surface area (TPSA) is 110 Å². The minimum atomic E-state index is -0.611. The van der Waals surface area contributed by atoms with Crippen LogP contribution >= 0.6 is 11.3 Å². The standard InChI is InChI=1S/C13H20N4O2S/c1-3-16-12(19)10-9(14)8(11(15)18)13(20-10)17-6(2)7-4-5-7/h6-7,17H,3-5,14H2,1-2H3,(H2,15,18)(H,16,19). The number of hydrogen-bond acceptors (Lipinski definition) is 5. The first kappa shape index (κ1) is 14.6. The van der Waals surface area contributed by atoms with Gasteiger partial charge in [-0.25, -0.2) is 0 Å². The van der Waals surface area contributed by atoms with Gasteiger partial charge in [-0.1, -0.05) is 0 Å². The van der Waals surface area contributed by atoms with E-state index in [2.05, 4.69) is 17.6 Å². The van der Waals surface area contributed by atoms with E-state index in [4.69, 9.17) is 11.5 Å². The van der Waals surface area contributed by atoms with E-state index in [1.807, 2.05) is 6.92 Å². The molecule has 110 valence electrons. The average molecular weight is 296 g/mol. The lowest BCUT2D eigenvalue weighted by atomic mass is 10.2. The number of carbonyl (C=O) groups is 2. The fourth-order valence-electron chi connectivity index (χ4n) is 2.12. The number of nitrogens with two attached hydrogens (primary N) is 2. The number of primary amides is 1. The summed E-state index contributed by atoms with van der Waals surface area (Å²) in [5, 5.41) is 6.54. The van der Waals surface area contributed by atoms with Gasteiger partial charge in [-0.05, 0) is 32.6 Å². The molecule has 0 saturated heterocycles. The van der Waals surface area contributed by atoms with Gasteiger partial charge in [0.1, 0.15) is 9.88 Å². The fourth-order valence-corrected chi connectivity index (χ4v) is 3.26. The molecule has 0 spiro atoms. The predicted octanol–water partition coefficient (Wildman–Crippen LogP) is 1.39. The molecule has 1 unspecified atom stereocenters. The van der Waals surface area contributed by atoms with Gasteiger partial charge in [0.05, 0.1) is 11.3 Å². The summed E-state index contributed by atoms with van der Waals surface area (Å²) in [7, 11) is 0. The third-order valence-electron chi connectivity index (χ3n) is 3.42. The normalized spacial score (nSPS) is 15.7. The Labute approximate surface area is 121 Å². The molecule has 1 atom stereocenters.